The van der Waals surface area contributed by atoms with Crippen LogP contribution in [0.25, 0.3) is 0 Å². The van der Waals surface area contributed by atoms with Crippen LogP contribution >= 0.6 is 0 Å². The molecule has 3 nitrogen and oxygen atoms in total. The van der Waals surface area contributed by atoms with Gasteiger partial charge < -0.3 is 10.1 Å². The lowest BCUT2D eigenvalue weighted by Gasteiger charge is -2.47. The Labute approximate surface area is 125 Å². The molecular weight excluding hydrogens is 266 g/mol. The molecule has 4 heteroatoms. The molecule has 1 saturated heterocycles. The van der Waals surface area contributed by atoms with E-state index in [1.807, 2.05) is 20.8 Å². The Hall–Kier alpha value is -0.513. The molecule has 1 heterocycles. The van der Waals surface area contributed by atoms with Crippen molar-refractivity contribution in [2.24, 2.45) is 0 Å². The number of rotatable bonds is 4. The maximum absolute atomic E-state index is 12.1. The Morgan fingerprint density at radius 1 is 1.20 bits per heavy atom. The van der Waals surface area contributed by atoms with Crippen LogP contribution in [0.1, 0.15) is 67.2 Å². The molecule has 2 unspecified atom stereocenters. The van der Waals surface area contributed by atoms with Gasteiger partial charge in [-0.05, 0) is 32.7 Å². The number of carbonyl (C=O) groups is 1. The molecule has 0 radical (unpaired) electrons. The van der Waals surface area contributed by atoms with E-state index in [4.69, 9.17) is 4.74 Å². The number of amides is 1. The summed E-state index contributed by atoms with van der Waals surface area (Å²) >= 11 is 0. The molecule has 0 aliphatic carbocycles. The first-order chi connectivity index (χ1) is 9.29. The van der Waals surface area contributed by atoms with Crippen LogP contribution in [0.3, 0.4) is 0 Å². The molecule has 1 fully saturated rings. The van der Waals surface area contributed by atoms with Gasteiger partial charge in [0.05, 0.1) is 8.07 Å². The third-order valence-electron chi connectivity index (χ3n) is 5.05. The number of hydrogen-bond acceptors (Lipinski definition) is 2. The first-order valence-electron chi connectivity index (χ1n) is 8.28. The summed E-state index contributed by atoms with van der Waals surface area (Å²) in [5.41, 5.74) is 0.836. The highest BCUT2D eigenvalue weighted by atomic mass is 28.3. The third kappa shape index (κ3) is 4.00. The van der Waals surface area contributed by atoms with E-state index in [1.165, 1.54) is 31.4 Å². The maximum atomic E-state index is 12.1. The van der Waals surface area contributed by atoms with E-state index in [1.54, 1.807) is 0 Å². The van der Waals surface area contributed by atoms with Crippen molar-refractivity contribution < 1.29 is 9.53 Å². The average molecular weight is 300 g/mol. The lowest BCUT2D eigenvalue weighted by atomic mass is 10.1. The van der Waals surface area contributed by atoms with Gasteiger partial charge in [0, 0.05) is 5.67 Å². The van der Waals surface area contributed by atoms with Crippen LogP contribution < -0.4 is 5.32 Å². The van der Waals surface area contributed by atoms with E-state index < -0.39 is 13.7 Å². The minimum atomic E-state index is -1.44. The van der Waals surface area contributed by atoms with Gasteiger partial charge in [0.25, 0.3) is 0 Å². The molecule has 0 bridgehead atoms. The molecule has 0 aromatic rings. The Kier molecular flexibility index (Phi) is 6.11. The standard InChI is InChI=1S/C16H33NO2Si/c1-7-13-11-10-12-14(20(13,8-2)9-3)17-15(18)19-16(4,5)6/h13-14H,7-12H2,1-6H3,(H,17,18). The molecule has 118 valence electrons. The maximum Gasteiger partial charge on any atom is 0.407 e. The van der Waals surface area contributed by atoms with Gasteiger partial charge in [-0.15, -0.1) is 0 Å². The van der Waals surface area contributed by atoms with Gasteiger partial charge in [0.1, 0.15) is 5.60 Å². The van der Waals surface area contributed by atoms with Crippen molar-refractivity contribution in [3.8, 4) is 0 Å². The fourth-order valence-corrected chi connectivity index (χ4v) is 10.0. The molecule has 0 aromatic carbocycles. The van der Waals surface area contributed by atoms with Crippen molar-refractivity contribution in [2.45, 2.75) is 96.1 Å². The Balaban J connectivity index is 2.82. The first-order valence-corrected chi connectivity index (χ1v) is 10.9. The zero-order valence-corrected chi connectivity index (χ0v) is 15.2. The number of ether oxygens (including phenoxy) is 1. The summed E-state index contributed by atoms with van der Waals surface area (Å²) < 4.78 is 5.46. The van der Waals surface area contributed by atoms with Crippen LogP contribution in [0.4, 0.5) is 4.79 Å². The van der Waals surface area contributed by atoms with Crippen molar-refractivity contribution in [1.29, 1.82) is 0 Å². The molecule has 1 rings (SSSR count). The second-order valence-corrected chi connectivity index (χ2v) is 12.6. The zero-order valence-electron chi connectivity index (χ0n) is 14.2. The van der Waals surface area contributed by atoms with Gasteiger partial charge in [0.15, 0.2) is 0 Å². The van der Waals surface area contributed by atoms with Crippen LogP contribution in [-0.4, -0.2) is 25.4 Å². The summed E-state index contributed by atoms with van der Waals surface area (Å²) in [7, 11) is -1.44. The van der Waals surface area contributed by atoms with Gasteiger partial charge in [-0.2, -0.15) is 0 Å². The first kappa shape index (κ1) is 17.5. The molecule has 1 N–H and O–H groups in total. The summed E-state index contributed by atoms with van der Waals surface area (Å²) in [5, 5.41) is 3.23. The monoisotopic (exact) mass is 299 g/mol. The predicted molar refractivity (Wildman–Crippen MR) is 87.8 cm³/mol. The Morgan fingerprint density at radius 2 is 1.80 bits per heavy atom. The molecular formula is C16H33NO2Si. The van der Waals surface area contributed by atoms with Gasteiger partial charge in [0.2, 0.25) is 0 Å². The lowest BCUT2D eigenvalue weighted by Crippen LogP contribution is -2.60. The summed E-state index contributed by atoms with van der Waals surface area (Å²) in [6, 6.07) is 2.53. The van der Waals surface area contributed by atoms with E-state index in [9.17, 15) is 4.79 Å². The summed E-state index contributed by atoms with van der Waals surface area (Å²) in [6.45, 7) is 12.7. The average Bonchev–Trinajstić information content (AvgIpc) is 2.36. The van der Waals surface area contributed by atoms with Crippen LogP contribution in [0.2, 0.25) is 17.6 Å². The van der Waals surface area contributed by atoms with E-state index >= 15 is 0 Å². The van der Waals surface area contributed by atoms with Gasteiger partial charge in [-0.3, -0.25) is 0 Å². The molecule has 1 aliphatic rings. The summed E-state index contributed by atoms with van der Waals surface area (Å²) in [5.74, 6) is 0. The number of alkyl carbamates (subject to hydrolysis) is 1. The van der Waals surface area contributed by atoms with Gasteiger partial charge >= 0.3 is 6.09 Å². The van der Waals surface area contributed by atoms with Crippen LogP contribution in [-0.2, 0) is 4.74 Å². The zero-order chi connectivity index (χ0) is 15.4. The molecule has 0 spiro atoms. The van der Waals surface area contributed by atoms with E-state index in [-0.39, 0.29) is 6.09 Å². The highest BCUT2D eigenvalue weighted by Gasteiger charge is 2.47. The van der Waals surface area contributed by atoms with Crippen molar-refractivity contribution in [1.82, 2.24) is 5.32 Å². The normalized spacial score (nSPS) is 26.1. The summed E-state index contributed by atoms with van der Waals surface area (Å²) in [6.07, 6.45) is 4.78. The van der Waals surface area contributed by atoms with Crippen molar-refractivity contribution in [2.75, 3.05) is 0 Å². The van der Waals surface area contributed by atoms with Gasteiger partial charge in [-0.1, -0.05) is 52.1 Å². The third-order valence-corrected chi connectivity index (χ3v) is 11.8. The molecule has 2 atom stereocenters. The molecule has 1 aliphatic heterocycles. The number of carbonyl (C=O) groups excluding carboxylic acids is 1. The van der Waals surface area contributed by atoms with E-state index in [2.05, 4.69) is 26.1 Å². The smallest absolute Gasteiger partial charge is 0.407 e. The number of nitrogens with one attached hydrogen (secondary N) is 1. The van der Waals surface area contributed by atoms with Crippen molar-refractivity contribution >= 4 is 14.2 Å². The molecule has 0 saturated carbocycles. The highest BCUT2D eigenvalue weighted by molar-refractivity contribution is 6.82. The van der Waals surface area contributed by atoms with Crippen LogP contribution in [0, 0.1) is 0 Å². The van der Waals surface area contributed by atoms with E-state index in [0.29, 0.717) is 5.67 Å². The second-order valence-electron chi connectivity index (χ2n) is 7.18. The molecule has 1 amide bonds. The minimum Gasteiger partial charge on any atom is -0.444 e. The Bertz CT molecular complexity index is 321. The van der Waals surface area contributed by atoms with Crippen LogP contribution in [0.15, 0.2) is 0 Å². The molecule has 0 aromatic heterocycles. The quantitative estimate of drug-likeness (QED) is 0.752. The SMILES string of the molecule is CCC1CCCC(NC(=O)OC(C)(C)C)[Si]1(CC)CC. The van der Waals surface area contributed by atoms with Crippen molar-refractivity contribution in [3.63, 3.8) is 0 Å². The Morgan fingerprint density at radius 3 is 2.25 bits per heavy atom. The van der Waals surface area contributed by atoms with E-state index in [0.717, 1.165) is 12.0 Å². The topological polar surface area (TPSA) is 38.3 Å². The predicted octanol–water partition coefficient (Wildman–Crippen LogP) is 4.87. The number of hydrogen-bond donors (Lipinski definition) is 1. The minimum absolute atomic E-state index is 0.224. The fourth-order valence-electron chi connectivity index (χ4n) is 4.02. The summed E-state index contributed by atoms with van der Waals surface area (Å²) in [4.78, 5) is 12.1. The van der Waals surface area contributed by atoms with Gasteiger partial charge in [-0.25, -0.2) is 4.79 Å². The fraction of sp³-hybridized carbons (Fsp3) is 0.938. The largest absolute Gasteiger partial charge is 0.444 e. The van der Waals surface area contributed by atoms with Crippen molar-refractivity contribution in [3.05, 3.63) is 0 Å². The highest BCUT2D eigenvalue weighted by Crippen LogP contribution is 2.43. The lowest BCUT2D eigenvalue weighted by molar-refractivity contribution is 0.0514. The molecule has 20 heavy (non-hydrogen) atoms. The van der Waals surface area contributed by atoms with Crippen LogP contribution in [0.5, 0.6) is 0 Å². The second kappa shape index (κ2) is 6.97.